The van der Waals surface area contributed by atoms with Crippen molar-refractivity contribution in [3.8, 4) is 0 Å². The monoisotopic (exact) mass is 448 g/mol. The van der Waals surface area contributed by atoms with E-state index >= 15 is 0 Å². The smallest absolute Gasteiger partial charge is 0.310 e. The van der Waals surface area contributed by atoms with Crippen LogP contribution in [0.15, 0.2) is 36.4 Å². The number of carbonyl (C=O) groups is 3. The zero-order chi connectivity index (χ0) is 23.5. The van der Waals surface area contributed by atoms with Gasteiger partial charge in [-0.2, -0.15) is 0 Å². The molecule has 2 amide bonds. The SMILES string of the molecule is Cc1cc(C)c(NC(=O)COC(=O)C2CCCCC2C(=O)N2CCc3ccccc32)c(C)c1. The number of fused-ring (bicyclic) bond motifs is 1. The first-order valence-corrected chi connectivity index (χ1v) is 11.8. The molecule has 1 saturated carbocycles. The molecule has 4 rings (SSSR count). The highest BCUT2D eigenvalue weighted by Gasteiger charge is 2.40. The maximum absolute atomic E-state index is 13.4. The summed E-state index contributed by atoms with van der Waals surface area (Å²) in [5.41, 5.74) is 5.93. The Kier molecular flexibility index (Phi) is 6.82. The van der Waals surface area contributed by atoms with Crippen LogP contribution >= 0.6 is 0 Å². The zero-order valence-corrected chi connectivity index (χ0v) is 19.6. The van der Waals surface area contributed by atoms with E-state index < -0.39 is 17.8 Å². The van der Waals surface area contributed by atoms with E-state index in [4.69, 9.17) is 4.74 Å². The van der Waals surface area contributed by atoms with Gasteiger partial charge in [0, 0.05) is 17.9 Å². The number of rotatable bonds is 5. The van der Waals surface area contributed by atoms with E-state index in [-0.39, 0.29) is 18.4 Å². The summed E-state index contributed by atoms with van der Waals surface area (Å²) in [5, 5.41) is 2.86. The van der Waals surface area contributed by atoms with Gasteiger partial charge in [0.25, 0.3) is 5.91 Å². The first-order chi connectivity index (χ1) is 15.8. The second-order valence-electron chi connectivity index (χ2n) is 9.30. The van der Waals surface area contributed by atoms with Crippen molar-refractivity contribution in [2.24, 2.45) is 11.8 Å². The molecule has 0 bridgehead atoms. The Morgan fingerprint density at radius 3 is 2.39 bits per heavy atom. The number of carbonyl (C=O) groups excluding carboxylic acids is 3. The van der Waals surface area contributed by atoms with Crippen LogP contribution in [-0.4, -0.2) is 30.9 Å². The number of nitrogens with one attached hydrogen (secondary N) is 1. The summed E-state index contributed by atoms with van der Waals surface area (Å²) < 4.78 is 5.41. The summed E-state index contributed by atoms with van der Waals surface area (Å²) in [4.78, 5) is 40.6. The number of hydrogen-bond donors (Lipinski definition) is 1. The summed E-state index contributed by atoms with van der Waals surface area (Å²) >= 11 is 0. The van der Waals surface area contributed by atoms with Gasteiger partial charge in [-0.3, -0.25) is 14.4 Å². The van der Waals surface area contributed by atoms with E-state index in [1.54, 1.807) is 0 Å². The Balaban J connectivity index is 1.39. The van der Waals surface area contributed by atoms with Gasteiger partial charge in [0.05, 0.1) is 11.8 Å². The minimum atomic E-state index is -0.505. The van der Waals surface area contributed by atoms with Crippen LogP contribution in [0.3, 0.4) is 0 Å². The number of hydrogen-bond acceptors (Lipinski definition) is 4. The minimum absolute atomic E-state index is 0.00282. The quantitative estimate of drug-likeness (QED) is 0.684. The van der Waals surface area contributed by atoms with Crippen molar-refractivity contribution in [1.29, 1.82) is 0 Å². The molecule has 2 aromatic carbocycles. The molecular formula is C27H32N2O4. The Bertz CT molecular complexity index is 1050. The highest BCUT2D eigenvalue weighted by molar-refractivity contribution is 5.99. The minimum Gasteiger partial charge on any atom is -0.455 e. The Morgan fingerprint density at radius 1 is 1.00 bits per heavy atom. The number of para-hydroxylation sites is 1. The number of anilines is 2. The lowest BCUT2D eigenvalue weighted by Crippen LogP contribution is -2.42. The molecule has 1 fully saturated rings. The second kappa shape index (κ2) is 9.77. The van der Waals surface area contributed by atoms with Crippen LogP contribution in [0.1, 0.15) is 47.9 Å². The maximum atomic E-state index is 13.4. The number of nitrogens with zero attached hydrogens (tertiary/aromatic N) is 1. The van der Waals surface area contributed by atoms with Crippen LogP contribution in [0, 0.1) is 32.6 Å². The van der Waals surface area contributed by atoms with Gasteiger partial charge in [-0.25, -0.2) is 0 Å². The molecule has 2 unspecified atom stereocenters. The molecule has 2 aromatic rings. The van der Waals surface area contributed by atoms with Gasteiger partial charge in [0.2, 0.25) is 5.91 Å². The van der Waals surface area contributed by atoms with Gasteiger partial charge < -0.3 is 15.0 Å². The molecule has 1 heterocycles. The van der Waals surface area contributed by atoms with Crippen molar-refractivity contribution in [2.45, 2.75) is 52.9 Å². The fourth-order valence-electron chi connectivity index (χ4n) is 5.27. The number of aryl methyl sites for hydroxylation is 3. The van der Waals surface area contributed by atoms with Crippen molar-refractivity contribution in [2.75, 3.05) is 23.4 Å². The first-order valence-electron chi connectivity index (χ1n) is 11.8. The fraction of sp³-hybridized carbons (Fsp3) is 0.444. The van der Waals surface area contributed by atoms with Crippen molar-refractivity contribution in [1.82, 2.24) is 0 Å². The molecule has 2 atom stereocenters. The van der Waals surface area contributed by atoms with Crippen molar-refractivity contribution < 1.29 is 19.1 Å². The van der Waals surface area contributed by atoms with Crippen LogP contribution in [0.4, 0.5) is 11.4 Å². The molecule has 0 aromatic heterocycles. The number of ether oxygens (including phenoxy) is 1. The lowest BCUT2D eigenvalue weighted by atomic mass is 9.78. The van der Waals surface area contributed by atoms with Gasteiger partial charge >= 0.3 is 5.97 Å². The topological polar surface area (TPSA) is 75.7 Å². The molecule has 33 heavy (non-hydrogen) atoms. The van der Waals surface area contributed by atoms with Crippen LogP contribution < -0.4 is 10.2 Å². The molecule has 6 heteroatoms. The fourth-order valence-corrected chi connectivity index (χ4v) is 5.27. The van der Waals surface area contributed by atoms with Gasteiger partial charge in [0.1, 0.15) is 0 Å². The summed E-state index contributed by atoms with van der Waals surface area (Å²) in [6.45, 7) is 6.19. The summed E-state index contributed by atoms with van der Waals surface area (Å²) in [6, 6.07) is 11.9. The molecular weight excluding hydrogens is 416 g/mol. The third-order valence-electron chi connectivity index (χ3n) is 6.83. The standard InChI is InChI=1S/C27H32N2O4/c1-17-14-18(2)25(19(3)15-17)28-24(30)16-33-27(32)22-10-6-5-9-21(22)26(31)29-13-12-20-8-4-7-11-23(20)29/h4,7-8,11,14-15,21-22H,5-6,9-10,12-13,16H2,1-3H3,(H,28,30). The Hall–Kier alpha value is -3.15. The third kappa shape index (κ3) is 4.95. The lowest BCUT2D eigenvalue weighted by Gasteiger charge is -2.32. The van der Waals surface area contributed by atoms with E-state index in [1.165, 1.54) is 5.56 Å². The van der Waals surface area contributed by atoms with Crippen LogP contribution in [0.25, 0.3) is 0 Å². The molecule has 2 aliphatic rings. The molecule has 1 N–H and O–H groups in total. The van der Waals surface area contributed by atoms with Gasteiger partial charge in [0.15, 0.2) is 6.61 Å². The summed E-state index contributed by atoms with van der Waals surface area (Å²) in [5.74, 6) is -1.73. The summed E-state index contributed by atoms with van der Waals surface area (Å²) in [7, 11) is 0. The molecule has 6 nitrogen and oxygen atoms in total. The molecule has 1 aliphatic carbocycles. The average molecular weight is 449 g/mol. The third-order valence-corrected chi connectivity index (χ3v) is 6.83. The second-order valence-corrected chi connectivity index (χ2v) is 9.30. The molecule has 174 valence electrons. The molecule has 0 radical (unpaired) electrons. The molecule has 0 saturated heterocycles. The Labute approximate surface area is 195 Å². The lowest BCUT2D eigenvalue weighted by molar-refractivity contribution is -0.156. The Morgan fingerprint density at radius 2 is 1.67 bits per heavy atom. The number of esters is 1. The first kappa shape index (κ1) is 23.0. The normalized spacial score (nSPS) is 19.7. The van der Waals surface area contributed by atoms with E-state index in [1.807, 2.05) is 62.1 Å². The van der Waals surface area contributed by atoms with Gasteiger partial charge in [-0.1, -0.05) is 48.7 Å². The van der Waals surface area contributed by atoms with Gasteiger partial charge in [-0.15, -0.1) is 0 Å². The van der Waals surface area contributed by atoms with Crippen LogP contribution in [0.2, 0.25) is 0 Å². The maximum Gasteiger partial charge on any atom is 0.310 e. The predicted octanol–water partition coefficient (Wildman–Crippen LogP) is 4.49. The highest BCUT2D eigenvalue weighted by Crippen LogP contribution is 2.36. The van der Waals surface area contributed by atoms with E-state index in [9.17, 15) is 14.4 Å². The van der Waals surface area contributed by atoms with E-state index in [0.29, 0.717) is 19.4 Å². The zero-order valence-electron chi connectivity index (χ0n) is 19.6. The van der Waals surface area contributed by atoms with Crippen molar-refractivity contribution >= 4 is 29.2 Å². The predicted molar refractivity (Wildman–Crippen MR) is 128 cm³/mol. The van der Waals surface area contributed by atoms with Crippen molar-refractivity contribution in [3.05, 3.63) is 58.7 Å². The number of amides is 2. The van der Waals surface area contributed by atoms with Crippen LogP contribution in [-0.2, 0) is 25.5 Å². The highest BCUT2D eigenvalue weighted by atomic mass is 16.5. The van der Waals surface area contributed by atoms with E-state index in [2.05, 4.69) is 5.32 Å². The molecule has 1 aliphatic heterocycles. The van der Waals surface area contributed by atoms with Crippen molar-refractivity contribution in [3.63, 3.8) is 0 Å². The van der Waals surface area contributed by atoms with Crippen LogP contribution in [0.5, 0.6) is 0 Å². The largest absolute Gasteiger partial charge is 0.455 e. The summed E-state index contributed by atoms with van der Waals surface area (Å²) in [6.07, 6.45) is 3.92. The molecule has 0 spiro atoms. The van der Waals surface area contributed by atoms with E-state index in [0.717, 1.165) is 47.3 Å². The number of benzene rings is 2. The van der Waals surface area contributed by atoms with Gasteiger partial charge in [-0.05, 0) is 62.8 Å². The average Bonchev–Trinajstić information content (AvgIpc) is 3.23.